The summed E-state index contributed by atoms with van der Waals surface area (Å²) in [5.41, 5.74) is 0.711. The molecule has 3 aromatic rings. The Kier molecular flexibility index (Phi) is 6.24. The fourth-order valence-electron chi connectivity index (χ4n) is 3.73. The number of imide groups is 1. The normalized spacial score (nSPS) is 18.1. The van der Waals surface area contributed by atoms with E-state index in [0.29, 0.717) is 21.5 Å². The first-order valence-corrected chi connectivity index (χ1v) is 10.1. The van der Waals surface area contributed by atoms with Gasteiger partial charge >= 0.3 is 18.3 Å². The lowest BCUT2D eigenvalue weighted by Crippen LogP contribution is -2.46. The van der Waals surface area contributed by atoms with Crippen molar-refractivity contribution in [1.29, 1.82) is 0 Å². The number of alkyl halides is 3. The molecule has 0 saturated carbocycles. The highest BCUT2D eigenvalue weighted by atomic mass is 19.4. The molecule has 0 aliphatic carbocycles. The molecule has 34 heavy (non-hydrogen) atoms. The van der Waals surface area contributed by atoms with Crippen LogP contribution in [0, 0.1) is 0 Å². The number of para-hydroxylation sites is 1. The third-order valence-corrected chi connectivity index (χ3v) is 5.34. The van der Waals surface area contributed by atoms with E-state index in [9.17, 15) is 27.9 Å². The number of aromatic nitrogens is 2. The van der Waals surface area contributed by atoms with Crippen molar-refractivity contribution >= 4 is 23.2 Å². The number of hydrogen-bond donors (Lipinski definition) is 2. The molecule has 0 spiro atoms. The third kappa shape index (κ3) is 4.44. The van der Waals surface area contributed by atoms with Crippen LogP contribution in [0.1, 0.15) is 22.8 Å². The maximum Gasteiger partial charge on any atom is 0.419 e. The summed E-state index contributed by atoms with van der Waals surface area (Å²) in [4.78, 5) is 34.4. The summed E-state index contributed by atoms with van der Waals surface area (Å²) < 4.78 is 50.1. The molecule has 178 valence electrons. The van der Waals surface area contributed by atoms with Gasteiger partial charge in [0.2, 0.25) is 0 Å². The van der Waals surface area contributed by atoms with E-state index in [0.717, 1.165) is 12.1 Å². The van der Waals surface area contributed by atoms with E-state index in [2.05, 4.69) is 15.3 Å². The summed E-state index contributed by atoms with van der Waals surface area (Å²) in [7, 11) is 1.20. The van der Waals surface area contributed by atoms with Gasteiger partial charge in [-0.2, -0.15) is 13.2 Å². The second-order valence-electron chi connectivity index (χ2n) is 7.42. The van der Waals surface area contributed by atoms with Crippen molar-refractivity contribution in [3.8, 4) is 5.75 Å². The van der Waals surface area contributed by atoms with Crippen LogP contribution in [0.2, 0.25) is 0 Å². The van der Waals surface area contributed by atoms with Gasteiger partial charge in [-0.15, -0.1) is 0 Å². The van der Waals surface area contributed by atoms with E-state index in [1.165, 1.54) is 25.6 Å². The van der Waals surface area contributed by atoms with Gasteiger partial charge in [-0.05, 0) is 35.4 Å². The largest absolute Gasteiger partial charge is 0.497 e. The molecule has 0 bridgehead atoms. The molecule has 1 saturated heterocycles. The SMILES string of the molecule is COc1cc([C@H]2OC(=O)N(C(=O)NCc3cccc4nccnc34)[C@H]2CO)cc(C(F)(F)F)c1. The third-order valence-electron chi connectivity index (χ3n) is 5.34. The zero-order valence-corrected chi connectivity index (χ0v) is 17.7. The Balaban J connectivity index is 1.57. The second-order valence-corrected chi connectivity index (χ2v) is 7.42. The summed E-state index contributed by atoms with van der Waals surface area (Å²) in [6, 6.07) is 5.91. The Labute approximate surface area is 191 Å². The van der Waals surface area contributed by atoms with Crippen molar-refractivity contribution < 1.29 is 37.3 Å². The Morgan fingerprint density at radius 2 is 2.00 bits per heavy atom. The summed E-state index contributed by atoms with van der Waals surface area (Å²) in [6.07, 6.45) is -4.08. The van der Waals surface area contributed by atoms with Crippen LogP contribution in [0.15, 0.2) is 48.8 Å². The first-order chi connectivity index (χ1) is 16.2. The predicted molar refractivity (Wildman–Crippen MR) is 112 cm³/mol. The minimum Gasteiger partial charge on any atom is -0.497 e. The number of carbonyl (C=O) groups is 2. The number of methoxy groups -OCH3 is 1. The number of cyclic esters (lactones) is 1. The Bertz CT molecular complexity index is 1230. The average Bonchev–Trinajstić information content (AvgIpc) is 3.17. The number of urea groups is 1. The van der Waals surface area contributed by atoms with Crippen LogP contribution in [0.5, 0.6) is 5.75 Å². The molecule has 2 heterocycles. The van der Waals surface area contributed by atoms with Gasteiger partial charge in [-0.25, -0.2) is 14.5 Å². The monoisotopic (exact) mass is 476 g/mol. The number of ether oxygens (including phenoxy) is 2. The number of halogens is 3. The highest BCUT2D eigenvalue weighted by Gasteiger charge is 2.46. The number of nitrogens with zero attached hydrogens (tertiary/aromatic N) is 3. The highest BCUT2D eigenvalue weighted by molar-refractivity contribution is 5.93. The maximum atomic E-state index is 13.3. The molecule has 2 aromatic carbocycles. The lowest BCUT2D eigenvalue weighted by molar-refractivity contribution is -0.137. The first-order valence-electron chi connectivity index (χ1n) is 10.1. The van der Waals surface area contributed by atoms with Gasteiger partial charge in [0.15, 0.2) is 6.10 Å². The van der Waals surface area contributed by atoms with E-state index in [4.69, 9.17) is 9.47 Å². The maximum absolute atomic E-state index is 13.3. The summed E-state index contributed by atoms with van der Waals surface area (Å²) in [6.45, 7) is -0.749. The predicted octanol–water partition coefficient (Wildman–Crippen LogP) is 3.42. The molecule has 1 fully saturated rings. The van der Waals surface area contributed by atoms with Crippen LogP contribution in [-0.2, 0) is 17.5 Å². The Morgan fingerprint density at radius 3 is 2.71 bits per heavy atom. The van der Waals surface area contributed by atoms with Crippen LogP contribution in [-0.4, -0.2) is 51.9 Å². The van der Waals surface area contributed by atoms with Crippen molar-refractivity contribution in [2.45, 2.75) is 24.9 Å². The van der Waals surface area contributed by atoms with Gasteiger partial charge in [0.05, 0.1) is 30.3 Å². The molecule has 0 radical (unpaired) electrons. The molecule has 4 rings (SSSR count). The van der Waals surface area contributed by atoms with Crippen LogP contribution in [0.4, 0.5) is 22.8 Å². The molecular formula is C22H19F3N4O5. The Hall–Kier alpha value is -3.93. The van der Waals surface area contributed by atoms with Gasteiger partial charge in [0.1, 0.15) is 11.8 Å². The standard InChI is InChI=1S/C22H19F3N4O5/c1-33-15-8-13(7-14(9-15)22(23,24)25)19-17(11-30)29(21(32)34-19)20(31)28-10-12-3-2-4-16-18(12)27-6-5-26-16/h2-9,17,19,30H,10-11H2,1H3,(H,28,31)/t17-,19+/m0/s1. The minimum absolute atomic E-state index is 0.0150. The smallest absolute Gasteiger partial charge is 0.419 e. The van der Waals surface area contributed by atoms with E-state index < -0.39 is 42.6 Å². The summed E-state index contributed by atoms with van der Waals surface area (Å²) in [5, 5.41) is 12.5. The summed E-state index contributed by atoms with van der Waals surface area (Å²) >= 11 is 0. The molecule has 1 aromatic heterocycles. The van der Waals surface area contributed by atoms with Crippen molar-refractivity contribution in [1.82, 2.24) is 20.2 Å². The number of benzene rings is 2. The number of aliphatic hydroxyl groups is 1. The van der Waals surface area contributed by atoms with Gasteiger partial charge in [0.25, 0.3) is 0 Å². The molecule has 3 amide bonds. The molecule has 2 N–H and O–H groups in total. The minimum atomic E-state index is -4.68. The fourth-order valence-corrected chi connectivity index (χ4v) is 3.73. The topological polar surface area (TPSA) is 114 Å². The zero-order valence-electron chi connectivity index (χ0n) is 17.7. The molecular weight excluding hydrogens is 457 g/mol. The van der Waals surface area contributed by atoms with Crippen molar-refractivity contribution in [3.05, 3.63) is 65.5 Å². The van der Waals surface area contributed by atoms with Crippen LogP contribution in [0.3, 0.4) is 0 Å². The average molecular weight is 476 g/mol. The highest BCUT2D eigenvalue weighted by Crippen LogP contribution is 2.38. The number of aliphatic hydroxyl groups excluding tert-OH is 1. The number of nitrogens with one attached hydrogen (secondary N) is 1. The van der Waals surface area contributed by atoms with Crippen LogP contribution < -0.4 is 10.1 Å². The van der Waals surface area contributed by atoms with Crippen molar-refractivity contribution in [3.63, 3.8) is 0 Å². The van der Waals surface area contributed by atoms with Gasteiger partial charge in [0, 0.05) is 18.9 Å². The number of rotatable bonds is 5. The molecule has 1 aliphatic heterocycles. The van der Waals surface area contributed by atoms with Gasteiger partial charge in [-0.3, -0.25) is 9.97 Å². The molecule has 0 unspecified atom stereocenters. The molecule has 12 heteroatoms. The number of hydrogen-bond acceptors (Lipinski definition) is 7. The summed E-state index contributed by atoms with van der Waals surface area (Å²) in [5.74, 6) is -0.113. The molecule has 2 atom stereocenters. The molecule has 9 nitrogen and oxygen atoms in total. The quantitative estimate of drug-likeness (QED) is 0.580. The fraction of sp³-hybridized carbons (Fsp3) is 0.273. The molecule has 1 aliphatic rings. The van der Waals surface area contributed by atoms with E-state index >= 15 is 0 Å². The van der Waals surface area contributed by atoms with Crippen molar-refractivity contribution in [2.75, 3.05) is 13.7 Å². The van der Waals surface area contributed by atoms with Gasteiger partial charge in [-0.1, -0.05) is 12.1 Å². The lowest BCUT2D eigenvalue weighted by Gasteiger charge is -2.22. The van der Waals surface area contributed by atoms with Gasteiger partial charge < -0.3 is 19.9 Å². The van der Waals surface area contributed by atoms with E-state index in [1.807, 2.05) is 0 Å². The zero-order chi connectivity index (χ0) is 24.5. The number of amides is 3. The first kappa shape index (κ1) is 23.2. The number of fused-ring (bicyclic) bond motifs is 1. The van der Waals surface area contributed by atoms with E-state index in [1.54, 1.807) is 18.2 Å². The Morgan fingerprint density at radius 1 is 1.24 bits per heavy atom. The van der Waals surface area contributed by atoms with E-state index in [-0.39, 0.29) is 17.9 Å². The number of carbonyl (C=O) groups excluding carboxylic acids is 2. The van der Waals surface area contributed by atoms with Crippen LogP contribution >= 0.6 is 0 Å². The van der Waals surface area contributed by atoms with Crippen LogP contribution in [0.25, 0.3) is 11.0 Å². The van der Waals surface area contributed by atoms with Crippen molar-refractivity contribution in [2.24, 2.45) is 0 Å². The second kappa shape index (κ2) is 9.14. The lowest BCUT2D eigenvalue weighted by atomic mass is 9.99.